The number of pyridine rings is 1. The third-order valence-corrected chi connectivity index (χ3v) is 15.4. The van der Waals surface area contributed by atoms with Crippen LogP contribution in [0.15, 0.2) is 35.7 Å². The third-order valence-electron chi connectivity index (χ3n) is 12.1. The fourth-order valence-electron chi connectivity index (χ4n) is 7.85. The molecule has 3 aromatic rings. The number of fused-ring (bicyclic) bond motifs is 3. The second-order valence-electron chi connectivity index (χ2n) is 16.4. The van der Waals surface area contributed by atoms with Crippen molar-refractivity contribution in [2.45, 2.75) is 109 Å². The van der Waals surface area contributed by atoms with E-state index in [0.717, 1.165) is 52.0 Å². The normalized spacial score (nSPS) is 28.0. The molecule has 2 aliphatic carbocycles. The summed E-state index contributed by atoms with van der Waals surface area (Å²) < 4.78 is 34.6. The molecule has 0 unspecified atom stereocenters. The van der Waals surface area contributed by atoms with Gasteiger partial charge >= 0.3 is 6.03 Å². The summed E-state index contributed by atoms with van der Waals surface area (Å²) >= 11 is 1.60. The highest BCUT2D eigenvalue weighted by molar-refractivity contribution is 7.91. The number of amides is 3. The smallest absolute Gasteiger partial charge is 0.320 e. The van der Waals surface area contributed by atoms with E-state index >= 15 is 0 Å². The van der Waals surface area contributed by atoms with Gasteiger partial charge < -0.3 is 14.5 Å². The lowest BCUT2D eigenvalue weighted by atomic mass is 9.87. The molecule has 2 aromatic heterocycles. The first-order chi connectivity index (χ1) is 25.0. The Morgan fingerprint density at radius 3 is 2.57 bits per heavy atom. The second kappa shape index (κ2) is 13.8. The Balaban J connectivity index is 1.23. The molecule has 2 saturated carbocycles. The summed E-state index contributed by atoms with van der Waals surface area (Å²) in [5.41, 5.74) is 3.21. The van der Waals surface area contributed by atoms with Gasteiger partial charge in [-0.1, -0.05) is 39.0 Å². The predicted molar refractivity (Wildman–Crippen MR) is 206 cm³/mol. The van der Waals surface area contributed by atoms with Crippen molar-refractivity contribution < 1.29 is 27.5 Å². The summed E-state index contributed by atoms with van der Waals surface area (Å²) in [4.78, 5) is 55.8. The number of hydrogen-bond acceptors (Lipinski definition) is 9. The van der Waals surface area contributed by atoms with Crippen LogP contribution in [0.25, 0.3) is 22.3 Å². The molecule has 5 atom stereocenters. The van der Waals surface area contributed by atoms with Gasteiger partial charge in [0, 0.05) is 48.7 Å². The number of sulfonamides is 1. The Kier molecular flexibility index (Phi) is 9.74. The molecule has 4 aliphatic rings. The van der Waals surface area contributed by atoms with E-state index in [-0.39, 0.29) is 36.6 Å². The molecule has 0 radical (unpaired) electrons. The molecule has 53 heavy (non-hydrogen) atoms. The molecule has 3 amide bonds. The first-order valence-corrected chi connectivity index (χ1v) is 21.2. The highest BCUT2D eigenvalue weighted by Gasteiger charge is 2.63. The van der Waals surface area contributed by atoms with Crippen LogP contribution in [-0.2, 0) is 19.6 Å². The Morgan fingerprint density at radius 2 is 1.87 bits per heavy atom. The number of nitrogens with zero attached hydrogens (tertiary/aromatic N) is 4. The van der Waals surface area contributed by atoms with Crippen molar-refractivity contribution in [2.75, 3.05) is 20.1 Å². The molecule has 0 bridgehead atoms. The van der Waals surface area contributed by atoms with Gasteiger partial charge in [-0.3, -0.25) is 14.3 Å². The van der Waals surface area contributed by atoms with E-state index in [0.29, 0.717) is 37.3 Å². The quantitative estimate of drug-likeness (QED) is 0.256. The van der Waals surface area contributed by atoms with Crippen LogP contribution in [0.3, 0.4) is 0 Å². The van der Waals surface area contributed by atoms with Gasteiger partial charge in [-0.15, -0.1) is 11.3 Å². The number of ether oxygens (including phenoxy) is 1. The standard InChI is InChI=1S/C40H51N5O6S2/c1-23(2)36-42-30(22-52-36)29-18-32(28-14-13-24(3)25(4)34(28)41-29)51-33-21-45-35(26(33)5)31(46)20-40(37(47)43-53(49,50)39(6)15-16-39)19-27(40)12-10-8-9-11-17-44(7)38(45)48/h10,12-14,18,22-23,26-27,33,35H,8-9,11,15-17,19-21H2,1-7H3,(H,43,47)/b12-10-/t26-,27+,33-,35-,40+/m0/s1. The number of aryl methyl sites for hydroxylation is 2. The number of nitrogens with one attached hydrogen (secondary N) is 1. The van der Waals surface area contributed by atoms with Crippen molar-refractivity contribution in [1.82, 2.24) is 24.5 Å². The fraction of sp³-hybridized carbons (Fsp3) is 0.575. The van der Waals surface area contributed by atoms with Gasteiger partial charge in [0.25, 0.3) is 0 Å². The lowest BCUT2D eigenvalue weighted by molar-refractivity contribution is -0.132. The molecule has 2 aliphatic heterocycles. The molecule has 7 rings (SSSR count). The first-order valence-electron chi connectivity index (χ1n) is 18.9. The number of Topliss-reactive ketones (excluding diaryl/α,β-unsaturated/α-hetero) is 1. The Bertz CT molecular complexity index is 2110. The summed E-state index contributed by atoms with van der Waals surface area (Å²) in [6.45, 7) is 12.6. The van der Waals surface area contributed by atoms with Crippen molar-refractivity contribution >= 4 is 50.0 Å². The van der Waals surface area contributed by atoms with Crippen LogP contribution in [0, 0.1) is 31.1 Å². The Hall–Kier alpha value is -3.84. The van der Waals surface area contributed by atoms with Crippen LogP contribution in [0.1, 0.15) is 94.7 Å². The number of aromatic nitrogens is 2. The van der Waals surface area contributed by atoms with Crippen LogP contribution in [0.4, 0.5) is 4.79 Å². The lowest BCUT2D eigenvalue weighted by Gasteiger charge is -2.31. The van der Waals surface area contributed by atoms with Crippen LogP contribution in [0.5, 0.6) is 5.75 Å². The van der Waals surface area contributed by atoms with E-state index < -0.39 is 44.2 Å². The fourth-order valence-corrected chi connectivity index (χ4v) is 10.0. The van der Waals surface area contributed by atoms with Gasteiger partial charge in [0.1, 0.15) is 11.9 Å². The topological polar surface area (TPSA) is 139 Å². The number of thiazole rings is 1. The van der Waals surface area contributed by atoms with Gasteiger partial charge in [0.05, 0.1) is 44.7 Å². The highest BCUT2D eigenvalue weighted by Crippen LogP contribution is 2.58. The van der Waals surface area contributed by atoms with Gasteiger partial charge in [0.2, 0.25) is 15.9 Å². The van der Waals surface area contributed by atoms with Crippen LogP contribution in [-0.4, -0.2) is 82.9 Å². The predicted octanol–water partition coefficient (Wildman–Crippen LogP) is 6.92. The first kappa shape index (κ1) is 37.5. The monoisotopic (exact) mass is 761 g/mol. The average Bonchev–Trinajstić information content (AvgIpc) is 3.91. The molecule has 0 spiro atoms. The van der Waals surface area contributed by atoms with Gasteiger partial charge in [-0.05, 0) is 82.4 Å². The molecule has 1 N–H and O–H groups in total. The molecule has 284 valence electrons. The molecule has 1 saturated heterocycles. The zero-order valence-corrected chi connectivity index (χ0v) is 33.4. The molecule has 11 nitrogen and oxygen atoms in total. The average molecular weight is 762 g/mol. The molecule has 3 fully saturated rings. The maximum Gasteiger partial charge on any atom is 0.320 e. The Morgan fingerprint density at radius 1 is 1.11 bits per heavy atom. The molecule has 4 heterocycles. The van der Waals surface area contributed by atoms with E-state index in [2.05, 4.69) is 25.5 Å². The number of ketones is 1. The molecule has 13 heteroatoms. The van der Waals surface area contributed by atoms with Crippen molar-refractivity contribution in [3.8, 4) is 17.1 Å². The molecular formula is C40H51N5O6S2. The van der Waals surface area contributed by atoms with Gasteiger partial charge in [-0.2, -0.15) is 0 Å². The van der Waals surface area contributed by atoms with E-state index in [1.807, 2.05) is 49.6 Å². The Labute approximate surface area is 316 Å². The number of carbonyl (C=O) groups excluding carboxylic acids is 3. The van der Waals surface area contributed by atoms with E-state index in [4.69, 9.17) is 14.7 Å². The summed E-state index contributed by atoms with van der Waals surface area (Å²) in [6, 6.07) is 4.83. The van der Waals surface area contributed by atoms with Crippen molar-refractivity contribution in [1.29, 1.82) is 0 Å². The van der Waals surface area contributed by atoms with Gasteiger partial charge in [-0.25, -0.2) is 23.2 Å². The van der Waals surface area contributed by atoms with Gasteiger partial charge in [0.15, 0.2) is 5.78 Å². The highest BCUT2D eigenvalue weighted by atomic mass is 32.2. The van der Waals surface area contributed by atoms with Crippen LogP contribution in [0.2, 0.25) is 0 Å². The summed E-state index contributed by atoms with van der Waals surface area (Å²) in [5.74, 6) is -0.703. The summed E-state index contributed by atoms with van der Waals surface area (Å²) in [5, 5.41) is 3.87. The maximum absolute atomic E-state index is 14.6. The van der Waals surface area contributed by atoms with Crippen molar-refractivity contribution in [3.63, 3.8) is 0 Å². The van der Waals surface area contributed by atoms with Crippen molar-refractivity contribution in [3.05, 3.63) is 51.9 Å². The minimum absolute atomic E-state index is 0.169. The number of allylic oxidation sites excluding steroid dienone is 2. The number of rotatable bonds is 7. The molecule has 1 aromatic carbocycles. The summed E-state index contributed by atoms with van der Waals surface area (Å²) in [7, 11) is -2.14. The molecular weight excluding hydrogens is 711 g/mol. The zero-order valence-electron chi connectivity index (χ0n) is 31.8. The van der Waals surface area contributed by atoms with E-state index in [1.165, 1.54) is 0 Å². The van der Waals surface area contributed by atoms with Crippen LogP contribution >= 0.6 is 11.3 Å². The SMILES string of the molecule is Cc1ccc2c(O[C@H]3CN4C(=O)N(C)CCCC/C=C\[C@@H]5C[C@@]5(C(=O)NS(=O)(=O)C5(C)CC5)CC(=O)[C@@H]4[C@H]3C)cc(-c3csc(C(C)C)n3)nc2c1C. The van der Waals surface area contributed by atoms with Crippen molar-refractivity contribution in [2.24, 2.45) is 17.3 Å². The maximum atomic E-state index is 14.6. The third kappa shape index (κ3) is 6.88. The largest absolute Gasteiger partial charge is 0.487 e. The zero-order chi connectivity index (χ0) is 38.0. The second-order valence-corrected chi connectivity index (χ2v) is 19.5. The number of hydrogen-bond donors (Lipinski definition) is 1. The minimum atomic E-state index is -3.90. The number of benzene rings is 1. The van der Waals surface area contributed by atoms with E-state index in [9.17, 15) is 22.8 Å². The number of carbonyl (C=O) groups is 3. The summed E-state index contributed by atoms with van der Waals surface area (Å²) in [6.07, 6.45) is 7.04. The number of urea groups is 1. The van der Waals surface area contributed by atoms with Crippen LogP contribution < -0.4 is 9.46 Å². The lowest BCUT2D eigenvalue weighted by Crippen LogP contribution is -2.50. The van der Waals surface area contributed by atoms with E-state index in [1.54, 1.807) is 35.1 Å². The minimum Gasteiger partial charge on any atom is -0.487 e.